The maximum absolute atomic E-state index is 13.2. The third kappa shape index (κ3) is 3.28. The molecule has 5 nitrogen and oxygen atoms in total. The summed E-state index contributed by atoms with van der Waals surface area (Å²) in [7, 11) is 0. The van der Waals surface area contributed by atoms with Gasteiger partial charge in [0.25, 0.3) is 0 Å². The summed E-state index contributed by atoms with van der Waals surface area (Å²) in [5.74, 6) is 1.44. The fourth-order valence-electron chi connectivity index (χ4n) is 3.42. The van der Waals surface area contributed by atoms with Crippen molar-refractivity contribution >= 4 is 28.1 Å². The minimum atomic E-state index is -0.385. The molecular formula is C22H22N2O3. The maximum atomic E-state index is 13.2. The molecule has 138 valence electrons. The normalized spacial score (nSPS) is 13.4. The number of fused-ring (bicyclic) bond motifs is 2. The smallest absolute Gasteiger partial charge is 0.249 e. The first-order valence-corrected chi connectivity index (χ1v) is 9.12. The molecule has 0 unspecified atom stereocenters. The van der Waals surface area contributed by atoms with Crippen LogP contribution in [-0.2, 0) is 4.79 Å². The molecular weight excluding hydrogens is 340 g/mol. The van der Waals surface area contributed by atoms with Crippen LogP contribution in [0.5, 0.6) is 11.5 Å². The number of carbonyl (C=O) groups is 1. The summed E-state index contributed by atoms with van der Waals surface area (Å²) in [6.45, 7) is 4.70. The predicted octanol–water partition coefficient (Wildman–Crippen LogP) is 4.42. The maximum Gasteiger partial charge on any atom is 0.249 e. The molecule has 0 saturated heterocycles. The van der Waals surface area contributed by atoms with Crippen LogP contribution in [0.25, 0.3) is 10.8 Å². The summed E-state index contributed by atoms with van der Waals surface area (Å²) >= 11 is 0. The number of rotatable bonds is 5. The molecule has 1 N–H and O–H groups in total. The Kier molecular flexibility index (Phi) is 4.59. The van der Waals surface area contributed by atoms with Crippen LogP contribution in [0, 0.1) is 0 Å². The molecule has 4 rings (SSSR count). The topological polar surface area (TPSA) is 50.8 Å². The van der Waals surface area contributed by atoms with Crippen molar-refractivity contribution in [3.63, 3.8) is 0 Å². The molecule has 27 heavy (non-hydrogen) atoms. The molecule has 1 aliphatic rings. The van der Waals surface area contributed by atoms with E-state index in [0.717, 1.165) is 27.9 Å². The van der Waals surface area contributed by atoms with E-state index in [1.807, 2.05) is 61.2 Å². The molecule has 1 amide bonds. The number of carbonyl (C=O) groups excluding carboxylic acids is 1. The lowest BCUT2D eigenvalue weighted by atomic mass is 10.1. The monoisotopic (exact) mass is 362 g/mol. The van der Waals surface area contributed by atoms with Gasteiger partial charge in [0.1, 0.15) is 6.04 Å². The molecule has 0 saturated carbocycles. The van der Waals surface area contributed by atoms with Crippen molar-refractivity contribution in [1.29, 1.82) is 0 Å². The highest BCUT2D eigenvalue weighted by atomic mass is 16.7. The average molecular weight is 362 g/mol. The molecule has 0 aliphatic carbocycles. The Labute approximate surface area is 158 Å². The number of benzene rings is 3. The van der Waals surface area contributed by atoms with E-state index >= 15 is 0 Å². The van der Waals surface area contributed by atoms with Gasteiger partial charge in [0.15, 0.2) is 11.5 Å². The molecule has 0 fully saturated rings. The quantitative estimate of drug-likeness (QED) is 0.730. The minimum Gasteiger partial charge on any atom is -0.454 e. The van der Waals surface area contributed by atoms with Gasteiger partial charge in [-0.2, -0.15) is 0 Å². The van der Waals surface area contributed by atoms with Crippen molar-refractivity contribution in [3.8, 4) is 11.5 Å². The van der Waals surface area contributed by atoms with Gasteiger partial charge in [0.05, 0.1) is 5.69 Å². The second-order valence-corrected chi connectivity index (χ2v) is 6.51. The van der Waals surface area contributed by atoms with Crippen LogP contribution in [0.1, 0.15) is 13.8 Å². The van der Waals surface area contributed by atoms with Crippen molar-refractivity contribution in [2.24, 2.45) is 0 Å². The van der Waals surface area contributed by atoms with Gasteiger partial charge in [0.2, 0.25) is 12.7 Å². The van der Waals surface area contributed by atoms with E-state index in [4.69, 9.17) is 9.47 Å². The van der Waals surface area contributed by atoms with Gasteiger partial charge in [-0.25, -0.2) is 0 Å². The Morgan fingerprint density at radius 2 is 1.85 bits per heavy atom. The summed E-state index contributed by atoms with van der Waals surface area (Å²) in [5.41, 5.74) is 1.76. The standard InChI is InChI=1S/C22H22N2O3/c1-3-24(19-10-6-8-16-7-4-5-9-18(16)19)22(25)15(2)23-17-11-12-20-21(13-17)27-14-26-20/h4-13,15,23H,3,14H2,1-2H3/t15-/m1/s1. The van der Waals surface area contributed by atoms with Crippen molar-refractivity contribution in [1.82, 2.24) is 0 Å². The van der Waals surface area contributed by atoms with Gasteiger partial charge in [-0.3, -0.25) is 4.79 Å². The van der Waals surface area contributed by atoms with E-state index in [1.165, 1.54) is 0 Å². The molecule has 1 atom stereocenters. The van der Waals surface area contributed by atoms with E-state index in [1.54, 1.807) is 0 Å². The average Bonchev–Trinajstić information content (AvgIpc) is 3.16. The zero-order chi connectivity index (χ0) is 18.8. The number of nitrogens with zero attached hydrogens (tertiary/aromatic N) is 1. The number of anilines is 2. The lowest BCUT2D eigenvalue weighted by molar-refractivity contribution is -0.118. The van der Waals surface area contributed by atoms with Crippen LogP contribution in [0.15, 0.2) is 60.7 Å². The van der Waals surface area contributed by atoms with Crippen LogP contribution in [-0.4, -0.2) is 25.3 Å². The number of amides is 1. The van der Waals surface area contributed by atoms with Crippen LogP contribution in [0.3, 0.4) is 0 Å². The Hall–Kier alpha value is -3.21. The Balaban J connectivity index is 1.58. The van der Waals surface area contributed by atoms with Crippen LogP contribution in [0.4, 0.5) is 11.4 Å². The van der Waals surface area contributed by atoms with Gasteiger partial charge in [-0.1, -0.05) is 36.4 Å². The summed E-state index contributed by atoms with van der Waals surface area (Å²) in [6, 6.07) is 19.4. The van der Waals surface area contributed by atoms with Crippen LogP contribution in [0.2, 0.25) is 0 Å². The third-order valence-corrected chi connectivity index (χ3v) is 4.77. The molecule has 1 aliphatic heterocycles. The molecule has 0 spiro atoms. The first-order chi connectivity index (χ1) is 13.2. The third-order valence-electron chi connectivity index (χ3n) is 4.77. The highest BCUT2D eigenvalue weighted by Gasteiger charge is 2.23. The number of nitrogens with one attached hydrogen (secondary N) is 1. The van der Waals surface area contributed by atoms with Crippen molar-refractivity contribution in [2.75, 3.05) is 23.6 Å². The van der Waals surface area contributed by atoms with Crippen LogP contribution < -0.4 is 19.7 Å². The lowest BCUT2D eigenvalue weighted by Gasteiger charge is -2.27. The van der Waals surface area contributed by atoms with E-state index in [0.29, 0.717) is 12.3 Å². The summed E-state index contributed by atoms with van der Waals surface area (Å²) in [5, 5.41) is 5.47. The molecule has 0 aromatic heterocycles. The fourth-order valence-corrected chi connectivity index (χ4v) is 3.42. The predicted molar refractivity (Wildman–Crippen MR) is 108 cm³/mol. The summed E-state index contributed by atoms with van der Waals surface area (Å²) < 4.78 is 10.7. The molecule has 0 radical (unpaired) electrons. The summed E-state index contributed by atoms with van der Waals surface area (Å²) in [6.07, 6.45) is 0. The first kappa shape index (κ1) is 17.2. The minimum absolute atomic E-state index is 0.0199. The van der Waals surface area contributed by atoms with E-state index in [9.17, 15) is 4.79 Å². The molecule has 3 aromatic rings. The molecule has 0 bridgehead atoms. The number of ether oxygens (including phenoxy) is 2. The molecule has 5 heteroatoms. The highest BCUT2D eigenvalue weighted by Crippen LogP contribution is 2.34. The second-order valence-electron chi connectivity index (χ2n) is 6.51. The van der Waals surface area contributed by atoms with Crippen molar-refractivity contribution < 1.29 is 14.3 Å². The second kappa shape index (κ2) is 7.19. The Bertz CT molecular complexity index is 981. The van der Waals surface area contributed by atoms with Gasteiger partial charge in [0, 0.05) is 23.7 Å². The van der Waals surface area contributed by atoms with Gasteiger partial charge < -0.3 is 19.7 Å². The van der Waals surface area contributed by atoms with Crippen molar-refractivity contribution in [3.05, 3.63) is 60.7 Å². The number of hydrogen-bond donors (Lipinski definition) is 1. The summed E-state index contributed by atoms with van der Waals surface area (Å²) in [4.78, 5) is 15.0. The number of likely N-dealkylation sites (N-methyl/N-ethyl adjacent to an activating group) is 1. The van der Waals surface area contributed by atoms with Crippen molar-refractivity contribution in [2.45, 2.75) is 19.9 Å². The zero-order valence-electron chi connectivity index (χ0n) is 15.4. The van der Waals surface area contributed by atoms with E-state index in [2.05, 4.69) is 23.5 Å². The van der Waals surface area contributed by atoms with Gasteiger partial charge >= 0.3 is 0 Å². The largest absolute Gasteiger partial charge is 0.454 e. The fraction of sp³-hybridized carbons (Fsp3) is 0.227. The van der Waals surface area contributed by atoms with E-state index in [-0.39, 0.29) is 18.7 Å². The zero-order valence-corrected chi connectivity index (χ0v) is 15.4. The first-order valence-electron chi connectivity index (χ1n) is 9.12. The highest BCUT2D eigenvalue weighted by molar-refractivity contribution is 6.06. The lowest BCUT2D eigenvalue weighted by Crippen LogP contribution is -2.41. The van der Waals surface area contributed by atoms with Gasteiger partial charge in [-0.15, -0.1) is 0 Å². The van der Waals surface area contributed by atoms with Crippen LogP contribution >= 0.6 is 0 Å². The Morgan fingerprint density at radius 3 is 2.70 bits per heavy atom. The molecule has 1 heterocycles. The van der Waals surface area contributed by atoms with E-state index < -0.39 is 0 Å². The molecule has 3 aromatic carbocycles. The Morgan fingerprint density at radius 1 is 1.07 bits per heavy atom. The van der Waals surface area contributed by atoms with Gasteiger partial charge in [-0.05, 0) is 37.4 Å². The number of hydrogen-bond acceptors (Lipinski definition) is 4. The SMILES string of the molecule is CCN(C(=O)[C@@H](C)Nc1ccc2c(c1)OCO2)c1cccc2ccccc12.